The Balaban J connectivity index is 1.38. The van der Waals surface area contributed by atoms with E-state index < -0.39 is 30.4 Å². The number of thioether (sulfide) groups is 1. The minimum absolute atomic E-state index is 0.0942. The van der Waals surface area contributed by atoms with Gasteiger partial charge in [-0.2, -0.15) is 11.8 Å². The van der Waals surface area contributed by atoms with Gasteiger partial charge in [-0.05, 0) is 59.4 Å². The number of hydrogen-bond acceptors (Lipinski definition) is 5. The van der Waals surface area contributed by atoms with Gasteiger partial charge in [0.25, 0.3) is 0 Å². The number of nitrogens with one attached hydrogen (secondary N) is 2. The molecule has 0 aromatic heterocycles. The fourth-order valence-electron chi connectivity index (χ4n) is 4.77. The van der Waals surface area contributed by atoms with Crippen LogP contribution in [0.2, 0.25) is 0 Å². The van der Waals surface area contributed by atoms with E-state index in [-0.39, 0.29) is 18.6 Å². The zero-order valence-electron chi connectivity index (χ0n) is 19.2. The van der Waals surface area contributed by atoms with Crippen molar-refractivity contribution in [3.05, 3.63) is 59.7 Å². The van der Waals surface area contributed by atoms with Gasteiger partial charge in [-0.3, -0.25) is 9.59 Å². The highest BCUT2D eigenvalue weighted by molar-refractivity contribution is 7.99. The summed E-state index contributed by atoms with van der Waals surface area (Å²) in [4.78, 5) is 36.8. The van der Waals surface area contributed by atoms with Crippen LogP contribution in [0.5, 0.6) is 0 Å². The van der Waals surface area contributed by atoms with E-state index in [1.54, 1.807) is 0 Å². The first-order chi connectivity index (χ1) is 16.4. The smallest absolute Gasteiger partial charge is 0.407 e. The summed E-state index contributed by atoms with van der Waals surface area (Å²) < 4.78 is 5.50. The molecule has 3 unspecified atom stereocenters. The van der Waals surface area contributed by atoms with Crippen LogP contribution in [0.1, 0.15) is 43.2 Å². The molecule has 0 spiro atoms. The van der Waals surface area contributed by atoms with Gasteiger partial charge in [0.05, 0.1) is 6.42 Å². The molecule has 34 heavy (non-hydrogen) atoms. The molecule has 2 aromatic carbocycles. The molecule has 2 amide bonds. The number of carbonyl (C=O) groups excluding carboxylic acids is 2. The second-order valence-corrected chi connectivity index (χ2v) is 10.0. The van der Waals surface area contributed by atoms with Crippen molar-refractivity contribution in [1.82, 2.24) is 10.6 Å². The average Bonchev–Trinajstić information content (AvgIpc) is 3.16. The van der Waals surface area contributed by atoms with Gasteiger partial charge in [-0.25, -0.2) is 4.79 Å². The van der Waals surface area contributed by atoms with E-state index in [0.717, 1.165) is 46.6 Å². The predicted molar refractivity (Wildman–Crippen MR) is 132 cm³/mol. The molecule has 180 valence electrons. The normalized spacial score (nSPS) is 18.8. The first-order valence-electron chi connectivity index (χ1n) is 11.7. The molecule has 8 heteroatoms. The number of hydrogen-bond donors (Lipinski definition) is 3. The predicted octanol–water partition coefficient (Wildman–Crippen LogP) is 4.02. The lowest BCUT2D eigenvalue weighted by molar-refractivity contribution is -0.140. The van der Waals surface area contributed by atoms with Crippen molar-refractivity contribution in [2.24, 2.45) is 5.92 Å². The molecule has 7 nitrogen and oxygen atoms in total. The van der Waals surface area contributed by atoms with Gasteiger partial charge in [-0.1, -0.05) is 48.5 Å². The van der Waals surface area contributed by atoms with Gasteiger partial charge >= 0.3 is 12.1 Å². The highest BCUT2D eigenvalue weighted by atomic mass is 32.2. The lowest BCUT2D eigenvalue weighted by Crippen LogP contribution is -2.52. The van der Waals surface area contributed by atoms with Gasteiger partial charge < -0.3 is 20.5 Å². The molecule has 2 aliphatic rings. The summed E-state index contributed by atoms with van der Waals surface area (Å²) >= 11 is 1.86. The van der Waals surface area contributed by atoms with Crippen LogP contribution in [0.4, 0.5) is 4.79 Å². The second-order valence-electron chi connectivity index (χ2n) is 8.89. The standard InChI is InChI=1S/C26H30N2O5S/c1-16(17-7-6-12-34-15-17)27-25(31)23(13-24(29)30)28-26(32)33-14-22-20-10-4-2-8-18(20)19-9-3-5-11-21(19)22/h2-5,8-11,16-17,22-23H,6-7,12-15H2,1H3,(H,27,31)(H,28,32)(H,29,30). The van der Waals surface area contributed by atoms with Crippen molar-refractivity contribution in [1.29, 1.82) is 0 Å². The number of rotatable bonds is 8. The first-order valence-corrected chi connectivity index (χ1v) is 12.8. The number of alkyl carbamates (subject to hydrolysis) is 1. The number of aliphatic carboxylic acids is 1. The molecule has 0 radical (unpaired) electrons. The maximum Gasteiger partial charge on any atom is 0.407 e. The van der Waals surface area contributed by atoms with Crippen molar-refractivity contribution in [3.63, 3.8) is 0 Å². The van der Waals surface area contributed by atoms with Crippen LogP contribution in [0.25, 0.3) is 11.1 Å². The van der Waals surface area contributed by atoms with Crippen LogP contribution in [0.3, 0.4) is 0 Å². The molecule has 1 fully saturated rings. The van der Waals surface area contributed by atoms with Gasteiger partial charge in [0.1, 0.15) is 12.6 Å². The Morgan fingerprint density at radius 2 is 1.71 bits per heavy atom. The molecule has 1 heterocycles. The third-order valence-electron chi connectivity index (χ3n) is 6.60. The molecule has 1 saturated heterocycles. The molecule has 3 atom stereocenters. The highest BCUT2D eigenvalue weighted by Crippen LogP contribution is 2.44. The van der Waals surface area contributed by atoms with Crippen LogP contribution < -0.4 is 10.6 Å². The van der Waals surface area contributed by atoms with Gasteiger partial charge in [0.15, 0.2) is 0 Å². The van der Waals surface area contributed by atoms with E-state index in [2.05, 4.69) is 10.6 Å². The molecule has 1 aliphatic carbocycles. The van der Waals surface area contributed by atoms with Crippen LogP contribution in [0, 0.1) is 5.92 Å². The largest absolute Gasteiger partial charge is 0.481 e. The summed E-state index contributed by atoms with van der Waals surface area (Å²) in [5.41, 5.74) is 4.39. The quantitative estimate of drug-likeness (QED) is 0.525. The maximum atomic E-state index is 12.8. The number of fused-ring (bicyclic) bond motifs is 3. The number of amides is 2. The van der Waals surface area contributed by atoms with Crippen molar-refractivity contribution in [2.45, 2.75) is 44.2 Å². The van der Waals surface area contributed by atoms with E-state index >= 15 is 0 Å². The van der Waals surface area contributed by atoms with E-state index in [1.165, 1.54) is 0 Å². The fraction of sp³-hybridized carbons (Fsp3) is 0.423. The Morgan fingerprint density at radius 1 is 1.06 bits per heavy atom. The number of ether oxygens (including phenoxy) is 1. The molecular weight excluding hydrogens is 452 g/mol. The summed E-state index contributed by atoms with van der Waals surface area (Å²) in [5, 5.41) is 14.6. The maximum absolute atomic E-state index is 12.8. The second kappa shape index (κ2) is 11.0. The number of benzene rings is 2. The first kappa shape index (κ1) is 24.1. The molecule has 3 N–H and O–H groups in total. The summed E-state index contributed by atoms with van der Waals surface area (Å²) in [6.45, 7) is 2.02. The molecule has 0 bridgehead atoms. The van der Waals surface area contributed by atoms with Crippen LogP contribution >= 0.6 is 11.8 Å². The lowest BCUT2D eigenvalue weighted by Gasteiger charge is -2.29. The number of carboxylic acids is 1. The molecule has 0 saturated carbocycles. The van der Waals surface area contributed by atoms with Crippen molar-refractivity contribution < 1.29 is 24.2 Å². The minimum atomic E-state index is -1.20. The zero-order valence-corrected chi connectivity index (χ0v) is 20.0. The molecular formula is C26H30N2O5S. The van der Waals surface area contributed by atoms with E-state index in [0.29, 0.717) is 5.92 Å². The SMILES string of the molecule is CC(NC(=O)C(CC(=O)O)NC(=O)OCC1c2ccccc2-c2ccccc21)C1CCCSC1. The number of carbonyl (C=O) groups is 3. The minimum Gasteiger partial charge on any atom is -0.481 e. The van der Waals surface area contributed by atoms with Gasteiger partial charge in [-0.15, -0.1) is 0 Å². The monoisotopic (exact) mass is 482 g/mol. The van der Waals surface area contributed by atoms with Crippen molar-refractivity contribution in [3.8, 4) is 11.1 Å². The third kappa shape index (κ3) is 5.55. The van der Waals surface area contributed by atoms with Crippen LogP contribution in [-0.2, 0) is 14.3 Å². The van der Waals surface area contributed by atoms with Crippen molar-refractivity contribution in [2.75, 3.05) is 18.1 Å². The number of carboxylic acid groups (broad SMARTS) is 1. The zero-order chi connectivity index (χ0) is 24.1. The Hall–Kier alpha value is -3.00. The molecule has 1 aliphatic heterocycles. The Labute approximate surface area is 203 Å². The fourth-order valence-corrected chi connectivity index (χ4v) is 6.06. The topological polar surface area (TPSA) is 105 Å². The average molecular weight is 483 g/mol. The Bertz CT molecular complexity index is 1010. The van der Waals surface area contributed by atoms with Crippen LogP contribution in [0.15, 0.2) is 48.5 Å². The van der Waals surface area contributed by atoms with E-state index in [4.69, 9.17) is 4.74 Å². The lowest BCUT2D eigenvalue weighted by atomic mass is 9.97. The Kier molecular flexibility index (Phi) is 7.77. The van der Waals surface area contributed by atoms with Crippen LogP contribution in [-0.4, -0.2) is 53.3 Å². The Morgan fingerprint density at radius 3 is 2.29 bits per heavy atom. The van der Waals surface area contributed by atoms with E-state index in [9.17, 15) is 19.5 Å². The highest BCUT2D eigenvalue weighted by Gasteiger charge is 2.31. The summed E-state index contributed by atoms with van der Waals surface area (Å²) in [6.07, 6.45) is 0.815. The summed E-state index contributed by atoms with van der Waals surface area (Å²) in [6, 6.07) is 14.7. The van der Waals surface area contributed by atoms with Gasteiger partial charge in [0, 0.05) is 12.0 Å². The summed E-state index contributed by atoms with van der Waals surface area (Å²) in [5.74, 6) is 0.641. The molecule has 4 rings (SSSR count). The third-order valence-corrected chi connectivity index (χ3v) is 7.84. The van der Waals surface area contributed by atoms with E-state index in [1.807, 2.05) is 67.2 Å². The molecule has 2 aromatic rings. The van der Waals surface area contributed by atoms with Gasteiger partial charge in [0.2, 0.25) is 5.91 Å². The van der Waals surface area contributed by atoms with Crippen molar-refractivity contribution >= 4 is 29.7 Å². The summed E-state index contributed by atoms with van der Waals surface area (Å²) in [7, 11) is 0.